The van der Waals surface area contributed by atoms with Gasteiger partial charge in [-0.2, -0.15) is 0 Å². The molecule has 2 fully saturated rings. The smallest absolute Gasteiger partial charge is 0.263 e. The first-order valence-corrected chi connectivity index (χ1v) is 10.2. The number of nitrogens with zero attached hydrogens (tertiary/aromatic N) is 4. The van der Waals surface area contributed by atoms with Crippen LogP contribution < -0.4 is 15.8 Å². The van der Waals surface area contributed by atoms with E-state index in [9.17, 15) is 18.4 Å². The Morgan fingerprint density at radius 3 is 2.73 bits per heavy atom. The summed E-state index contributed by atoms with van der Waals surface area (Å²) in [6.07, 6.45) is 3.73. The average molecular weight is 415 g/mol. The molecule has 158 valence electrons. The number of hydrogen-bond donors (Lipinski definition) is 1. The van der Waals surface area contributed by atoms with Crippen molar-refractivity contribution in [3.8, 4) is 0 Å². The number of nitrogens with one attached hydrogen (secondary N) is 1. The average Bonchev–Trinajstić information content (AvgIpc) is 2.67. The first-order chi connectivity index (χ1) is 14.3. The molecule has 0 spiro atoms. The number of alkyl halides is 2. The predicted molar refractivity (Wildman–Crippen MR) is 106 cm³/mol. The van der Waals surface area contributed by atoms with Crippen LogP contribution in [-0.4, -0.2) is 45.5 Å². The van der Waals surface area contributed by atoms with Gasteiger partial charge in [-0.1, -0.05) is 0 Å². The molecule has 0 unspecified atom stereocenters. The van der Waals surface area contributed by atoms with E-state index in [-0.39, 0.29) is 35.8 Å². The van der Waals surface area contributed by atoms with Crippen molar-refractivity contribution >= 4 is 11.7 Å². The number of aryl methyl sites for hydroxylation is 1. The van der Waals surface area contributed by atoms with E-state index in [2.05, 4.69) is 20.2 Å². The number of fused-ring (bicyclic) bond motifs is 4. The molecule has 7 nitrogen and oxygen atoms in total. The number of carbonyl (C=O) groups excluding carboxylic acids is 1. The highest BCUT2D eigenvalue weighted by Gasteiger charge is 2.46. The van der Waals surface area contributed by atoms with Gasteiger partial charge in [-0.15, -0.1) is 0 Å². The molecule has 1 aliphatic carbocycles. The number of halogens is 2. The molecule has 9 heteroatoms. The second-order valence-corrected chi connectivity index (χ2v) is 8.74. The fraction of sp³-hybridized carbons (Fsp3) is 0.524. The Balaban J connectivity index is 1.37. The Bertz CT molecular complexity index is 1060. The number of rotatable bonds is 3. The number of piperidine rings is 1. The van der Waals surface area contributed by atoms with Crippen LogP contribution in [0.3, 0.4) is 0 Å². The Morgan fingerprint density at radius 1 is 1.20 bits per heavy atom. The molecule has 2 aliphatic heterocycles. The maximum atomic E-state index is 13.0. The van der Waals surface area contributed by atoms with Crippen molar-refractivity contribution < 1.29 is 13.6 Å². The van der Waals surface area contributed by atoms with Crippen molar-refractivity contribution in [1.82, 2.24) is 19.9 Å². The van der Waals surface area contributed by atoms with Gasteiger partial charge in [0.05, 0.1) is 11.9 Å². The van der Waals surface area contributed by atoms with Gasteiger partial charge in [0.1, 0.15) is 11.4 Å². The third-order valence-electron chi connectivity index (χ3n) is 6.34. The van der Waals surface area contributed by atoms with E-state index >= 15 is 0 Å². The molecule has 30 heavy (non-hydrogen) atoms. The second kappa shape index (κ2) is 6.85. The van der Waals surface area contributed by atoms with Crippen molar-refractivity contribution in [2.75, 3.05) is 18.0 Å². The molecule has 5 rings (SSSR count). The third kappa shape index (κ3) is 3.36. The van der Waals surface area contributed by atoms with Gasteiger partial charge in [0.15, 0.2) is 0 Å². The van der Waals surface area contributed by atoms with Crippen LogP contribution in [0.4, 0.5) is 14.6 Å². The Kier molecular flexibility index (Phi) is 4.37. The number of pyridine rings is 1. The molecule has 2 bridgehead atoms. The van der Waals surface area contributed by atoms with Crippen molar-refractivity contribution in [3.63, 3.8) is 0 Å². The monoisotopic (exact) mass is 415 g/mol. The molecule has 2 atom stereocenters. The zero-order valence-electron chi connectivity index (χ0n) is 16.6. The van der Waals surface area contributed by atoms with E-state index in [1.54, 1.807) is 17.0 Å². The Hall–Kier alpha value is -2.84. The molecule has 2 aromatic heterocycles. The SMILES string of the molecule is Cc1cncc(N2C[C@@H]3C[C@H](C2)c2ccc(C(=O)NC4CC(F)(F)C4)c(=O)n2C3)n1. The van der Waals surface area contributed by atoms with E-state index in [0.717, 1.165) is 36.7 Å². The second-order valence-electron chi connectivity index (χ2n) is 8.74. The molecular weight excluding hydrogens is 392 g/mol. The first kappa shape index (κ1) is 19.1. The quantitative estimate of drug-likeness (QED) is 0.831. The summed E-state index contributed by atoms with van der Waals surface area (Å²) in [5.74, 6) is -2.01. The van der Waals surface area contributed by atoms with Crippen LogP contribution in [0.1, 0.15) is 46.9 Å². The van der Waals surface area contributed by atoms with Crippen LogP contribution in [0.15, 0.2) is 29.3 Å². The Morgan fingerprint density at radius 2 is 2.00 bits per heavy atom. The van der Waals surface area contributed by atoms with Crippen molar-refractivity contribution in [2.24, 2.45) is 5.92 Å². The minimum Gasteiger partial charge on any atom is -0.354 e. The molecule has 2 aromatic rings. The van der Waals surface area contributed by atoms with E-state index in [4.69, 9.17) is 0 Å². The molecule has 3 aliphatic rings. The summed E-state index contributed by atoms with van der Waals surface area (Å²) in [5.41, 5.74) is 1.46. The van der Waals surface area contributed by atoms with Crippen molar-refractivity contribution in [1.29, 1.82) is 0 Å². The third-order valence-corrected chi connectivity index (χ3v) is 6.34. The lowest BCUT2D eigenvalue weighted by Crippen LogP contribution is -2.52. The van der Waals surface area contributed by atoms with Crippen molar-refractivity contribution in [2.45, 2.75) is 50.6 Å². The molecule has 1 amide bonds. The van der Waals surface area contributed by atoms with Crippen LogP contribution in [0.25, 0.3) is 0 Å². The summed E-state index contributed by atoms with van der Waals surface area (Å²) >= 11 is 0. The lowest BCUT2D eigenvalue weighted by Gasteiger charge is -2.43. The van der Waals surface area contributed by atoms with E-state index < -0.39 is 17.9 Å². The lowest BCUT2D eigenvalue weighted by atomic mass is 9.83. The van der Waals surface area contributed by atoms with Crippen LogP contribution in [-0.2, 0) is 6.54 Å². The highest BCUT2D eigenvalue weighted by molar-refractivity contribution is 5.94. The summed E-state index contributed by atoms with van der Waals surface area (Å²) in [5, 5.41) is 2.56. The minimum atomic E-state index is -2.71. The number of amides is 1. The van der Waals surface area contributed by atoms with Gasteiger partial charge in [-0.3, -0.25) is 14.6 Å². The molecule has 0 aromatic carbocycles. The summed E-state index contributed by atoms with van der Waals surface area (Å²) in [6, 6.07) is 2.79. The van der Waals surface area contributed by atoms with Gasteiger partial charge >= 0.3 is 0 Å². The van der Waals surface area contributed by atoms with Gasteiger partial charge in [-0.25, -0.2) is 13.8 Å². The number of aromatic nitrogens is 3. The van der Waals surface area contributed by atoms with E-state index in [1.807, 2.05) is 13.0 Å². The van der Waals surface area contributed by atoms with Gasteiger partial charge in [0.2, 0.25) is 0 Å². The fourth-order valence-corrected chi connectivity index (χ4v) is 4.93. The molecule has 4 heterocycles. The molecule has 1 saturated carbocycles. The summed E-state index contributed by atoms with van der Waals surface area (Å²) < 4.78 is 27.7. The number of anilines is 1. The molecule has 0 radical (unpaired) electrons. The van der Waals surface area contributed by atoms with Crippen molar-refractivity contribution in [3.05, 3.63) is 51.8 Å². The van der Waals surface area contributed by atoms with E-state index in [1.165, 1.54) is 6.07 Å². The maximum Gasteiger partial charge on any atom is 0.263 e. The zero-order chi connectivity index (χ0) is 21.0. The van der Waals surface area contributed by atoms with Crippen LogP contribution in [0.2, 0.25) is 0 Å². The summed E-state index contributed by atoms with van der Waals surface area (Å²) in [4.78, 5) is 36.5. The maximum absolute atomic E-state index is 13.0. The van der Waals surface area contributed by atoms with Gasteiger partial charge in [-0.05, 0) is 31.4 Å². The highest BCUT2D eigenvalue weighted by Crippen LogP contribution is 2.38. The predicted octanol–water partition coefficient (Wildman–Crippen LogP) is 2.10. The molecule has 1 saturated heterocycles. The van der Waals surface area contributed by atoms with Crippen LogP contribution in [0.5, 0.6) is 0 Å². The standard InChI is InChI=1S/C21H23F2N5O2/c1-12-7-24-8-18(25-12)27-9-13-4-14(11-27)17-3-2-16(20(30)28(17)10-13)19(29)26-15-5-21(22,23)6-15/h2-3,7-8,13-15H,4-6,9-11H2,1H3,(H,26,29)/t13-,14+/m0/s1. The summed E-state index contributed by atoms with van der Waals surface area (Å²) in [7, 11) is 0. The fourth-order valence-electron chi connectivity index (χ4n) is 4.93. The first-order valence-electron chi connectivity index (χ1n) is 10.2. The van der Waals surface area contributed by atoms with Gasteiger partial charge in [0, 0.05) is 56.3 Å². The topological polar surface area (TPSA) is 80.1 Å². The zero-order valence-corrected chi connectivity index (χ0v) is 16.6. The summed E-state index contributed by atoms with van der Waals surface area (Å²) in [6.45, 7) is 3.95. The minimum absolute atomic E-state index is 0.0235. The number of carbonyl (C=O) groups is 1. The molecule has 1 N–H and O–H groups in total. The largest absolute Gasteiger partial charge is 0.354 e. The van der Waals surface area contributed by atoms with E-state index in [0.29, 0.717) is 6.54 Å². The normalized spacial score (nSPS) is 24.7. The lowest BCUT2D eigenvalue weighted by molar-refractivity contribution is -0.0901. The van der Waals surface area contributed by atoms with Gasteiger partial charge < -0.3 is 14.8 Å². The van der Waals surface area contributed by atoms with Gasteiger partial charge in [0.25, 0.3) is 17.4 Å². The Labute approximate surface area is 172 Å². The van der Waals surface area contributed by atoms with Crippen LogP contribution >= 0.6 is 0 Å². The van der Waals surface area contributed by atoms with Crippen LogP contribution in [0, 0.1) is 12.8 Å². The highest BCUT2D eigenvalue weighted by atomic mass is 19.3. The number of hydrogen-bond acceptors (Lipinski definition) is 5. The molecular formula is C21H23F2N5O2.